The van der Waals surface area contributed by atoms with Crippen LogP contribution in [0.15, 0.2) is 42.5 Å². The van der Waals surface area contributed by atoms with Gasteiger partial charge in [-0.2, -0.15) is 13.2 Å². The molecule has 0 saturated carbocycles. The molecule has 0 aromatic heterocycles. The van der Waals surface area contributed by atoms with Crippen LogP contribution in [0.4, 0.5) is 24.5 Å². The van der Waals surface area contributed by atoms with Crippen molar-refractivity contribution in [1.82, 2.24) is 0 Å². The molecule has 0 aliphatic rings. The van der Waals surface area contributed by atoms with Gasteiger partial charge in [-0.05, 0) is 55.8 Å². The summed E-state index contributed by atoms with van der Waals surface area (Å²) in [6, 6.07) is 8.76. The fourth-order valence-electron chi connectivity index (χ4n) is 2.61. The molecule has 2 amide bonds. The standard InChI is InChI=1S/C22H20ClF3N2O5/c1-13(29)14-5-8-16(9-6-14)27-19(30)3-2-4-21(32)33-12-20(31)28-18-11-15(22(24,25)26)7-10-17(18)23/h5-11H,2-4,12H2,1H3,(H,27,30)(H,28,31). The van der Waals surface area contributed by atoms with Crippen molar-refractivity contribution in [3.05, 3.63) is 58.6 Å². The number of alkyl halides is 3. The molecule has 0 aliphatic carbocycles. The highest BCUT2D eigenvalue weighted by Gasteiger charge is 2.31. The van der Waals surface area contributed by atoms with E-state index in [9.17, 15) is 32.3 Å². The van der Waals surface area contributed by atoms with E-state index in [1.165, 1.54) is 6.92 Å². The Morgan fingerprint density at radius 3 is 2.21 bits per heavy atom. The van der Waals surface area contributed by atoms with E-state index in [0.29, 0.717) is 17.3 Å². The zero-order valence-electron chi connectivity index (χ0n) is 17.4. The van der Waals surface area contributed by atoms with Gasteiger partial charge in [-0.3, -0.25) is 19.2 Å². The number of ether oxygens (including phenoxy) is 1. The monoisotopic (exact) mass is 484 g/mol. The lowest BCUT2D eigenvalue weighted by Crippen LogP contribution is -2.21. The highest BCUT2D eigenvalue weighted by molar-refractivity contribution is 6.33. The number of carbonyl (C=O) groups excluding carboxylic acids is 4. The lowest BCUT2D eigenvalue weighted by molar-refractivity contribution is -0.147. The number of ketones is 1. The van der Waals surface area contributed by atoms with Crippen LogP contribution in [0.5, 0.6) is 0 Å². The summed E-state index contributed by atoms with van der Waals surface area (Å²) < 4.78 is 43.1. The topological polar surface area (TPSA) is 102 Å². The third-order valence-corrected chi connectivity index (χ3v) is 4.62. The molecule has 7 nitrogen and oxygen atoms in total. The van der Waals surface area contributed by atoms with Crippen molar-refractivity contribution in [2.45, 2.75) is 32.4 Å². The molecule has 0 fully saturated rings. The van der Waals surface area contributed by atoms with Crippen molar-refractivity contribution in [3.63, 3.8) is 0 Å². The first-order chi connectivity index (χ1) is 15.5. The van der Waals surface area contributed by atoms with Gasteiger partial charge in [-0.1, -0.05) is 11.6 Å². The van der Waals surface area contributed by atoms with Crippen LogP contribution < -0.4 is 10.6 Å². The van der Waals surface area contributed by atoms with Crippen molar-refractivity contribution in [2.75, 3.05) is 17.2 Å². The Labute approximate surface area is 192 Å². The molecular weight excluding hydrogens is 465 g/mol. The van der Waals surface area contributed by atoms with Gasteiger partial charge in [0.15, 0.2) is 12.4 Å². The van der Waals surface area contributed by atoms with Crippen molar-refractivity contribution in [2.24, 2.45) is 0 Å². The minimum Gasteiger partial charge on any atom is -0.456 e. The molecule has 0 radical (unpaired) electrons. The minimum atomic E-state index is -4.61. The summed E-state index contributed by atoms with van der Waals surface area (Å²) in [5.74, 6) is -2.07. The van der Waals surface area contributed by atoms with Gasteiger partial charge in [0.1, 0.15) is 0 Å². The van der Waals surface area contributed by atoms with Crippen LogP contribution >= 0.6 is 11.6 Å². The highest BCUT2D eigenvalue weighted by atomic mass is 35.5. The van der Waals surface area contributed by atoms with Crippen LogP contribution in [0.2, 0.25) is 5.02 Å². The summed E-state index contributed by atoms with van der Waals surface area (Å²) in [7, 11) is 0. The first-order valence-electron chi connectivity index (χ1n) is 9.69. The smallest absolute Gasteiger partial charge is 0.416 e. The summed E-state index contributed by atoms with van der Waals surface area (Å²) in [6.45, 7) is 0.705. The number of nitrogens with one attached hydrogen (secondary N) is 2. The Hall–Kier alpha value is -3.40. The highest BCUT2D eigenvalue weighted by Crippen LogP contribution is 2.33. The van der Waals surface area contributed by atoms with Crippen molar-refractivity contribution < 1.29 is 37.1 Å². The zero-order chi connectivity index (χ0) is 24.6. The summed E-state index contributed by atoms with van der Waals surface area (Å²) in [4.78, 5) is 46.8. The second-order valence-electron chi connectivity index (χ2n) is 6.94. The van der Waals surface area contributed by atoms with Crippen molar-refractivity contribution >= 4 is 46.5 Å². The summed E-state index contributed by atoms with van der Waals surface area (Å²) in [5.41, 5.74) is -0.250. The van der Waals surface area contributed by atoms with Gasteiger partial charge in [0, 0.05) is 24.1 Å². The number of Topliss-reactive ketones (excluding diaryl/α,β-unsaturated/α-hetero) is 1. The van der Waals surface area contributed by atoms with Gasteiger partial charge >= 0.3 is 12.1 Å². The summed E-state index contributed by atoms with van der Waals surface area (Å²) in [5, 5.41) is 4.67. The number of anilines is 2. The van der Waals surface area contributed by atoms with Crippen LogP contribution in [0, 0.1) is 0 Å². The minimum absolute atomic E-state index is 0.00952. The predicted molar refractivity (Wildman–Crippen MR) is 115 cm³/mol. The number of amides is 2. The van der Waals surface area contributed by atoms with E-state index in [-0.39, 0.29) is 41.7 Å². The maximum atomic E-state index is 12.8. The van der Waals surface area contributed by atoms with Crippen LogP contribution in [-0.4, -0.2) is 30.2 Å². The quantitative estimate of drug-likeness (QED) is 0.391. The summed E-state index contributed by atoms with van der Waals surface area (Å²) in [6.07, 6.45) is -4.60. The molecular formula is C22H20ClF3N2O5. The number of esters is 1. The molecule has 33 heavy (non-hydrogen) atoms. The fraction of sp³-hybridized carbons (Fsp3) is 0.273. The molecule has 2 aromatic carbocycles. The van der Waals surface area contributed by atoms with Gasteiger partial charge < -0.3 is 15.4 Å². The van der Waals surface area contributed by atoms with Crippen LogP contribution in [0.3, 0.4) is 0 Å². The number of halogens is 4. The molecule has 0 bridgehead atoms. The molecule has 2 aromatic rings. The Morgan fingerprint density at radius 2 is 1.61 bits per heavy atom. The second kappa shape index (κ2) is 11.5. The Kier molecular flexibility index (Phi) is 8.98. The second-order valence-corrected chi connectivity index (χ2v) is 7.34. The number of hydrogen-bond donors (Lipinski definition) is 2. The molecule has 11 heteroatoms. The number of benzene rings is 2. The maximum absolute atomic E-state index is 12.8. The van der Waals surface area contributed by atoms with E-state index in [4.69, 9.17) is 16.3 Å². The van der Waals surface area contributed by atoms with Gasteiger partial charge in [0.25, 0.3) is 5.91 Å². The van der Waals surface area contributed by atoms with Gasteiger partial charge in [-0.15, -0.1) is 0 Å². The maximum Gasteiger partial charge on any atom is 0.416 e. The zero-order valence-corrected chi connectivity index (χ0v) is 18.2. The lowest BCUT2D eigenvalue weighted by atomic mass is 10.1. The SMILES string of the molecule is CC(=O)c1ccc(NC(=O)CCCC(=O)OCC(=O)Nc2cc(C(F)(F)F)ccc2Cl)cc1. The van der Waals surface area contributed by atoms with Crippen molar-refractivity contribution in [1.29, 1.82) is 0 Å². The molecule has 0 saturated heterocycles. The van der Waals surface area contributed by atoms with E-state index >= 15 is 0 Å². The molecule has 0 unspecified atom stereocenters. The number of hydrogen-bond acceptors (Lipinski definition) is 5. The molecule has 0 heterocycles. The number of rotatable bonds is 9. The number of carbonyl (C=O) groups is 4. The Bertz CT molecular complexity index is 1040. The molecule has 0 atom stereocenters. The fourth-order valence-corrected chi connectivity index (χ4v) is 2.77. The molecule has 2 rings (SSSR count). The third-order valence-electron chi connectivity index (χ3n) is 4.29. The van der Waals surface area contributed by atoms with Gasteiger partial charge in [0.05, 0.1) is 16.3 Å². The largest absolute Gasteiger partial charge is 0.456 e. The van der Waals surface area contributed by atoms with Crippen LogP contribution in [0.1, 0.15) is 42.1 Å². The Balaban J connectivity index is 1.72. The van der Waals surface area contributed by atoms with Gasteiger partial charge in [-0.25, -0.2) is 0 Å². The molecule has 2 N–H and O–H groups in total. The Morgan fingerprint density at radius 1 is 0.939 bits per heavy atom. The third kappa shape index (κ3) is 8.57. The van der Waals surface area contributed by atoms with E-state index in [1.807, 2.05) is 0 Å². The molecule has 0 aliphatic heterocycles. The van der Waals surface area contributed by atoms with E-state index in [1.54, 1.807) is 24.3 Å². The first-order valence-corrected chi connectivity index (χ1v) is 10.1. The first kappa shape index (κ1) is 25.9. The average Bonchev–Trinajstić information content (AvgIpc) is 2.73. The normalized spacial score (nSPS) is 10.9. The lowest BCUT2D eigenvalue weighted by Gasteiger charge is -2.12. The van der Waals surface area contributed by atoms with Crippen LogP contribution in [0.25, 0.3) is 0 Å². The molecule has 0 spiro atoms. The van der Waals surface area contributed by atoms with E-state index in [2.05, 4.69) is 10.6 Å². The van der Waals surface area contributed by atoms with E-state index in [0.717, 1.165) is 12.1 Å². The van der Waals surface area contributed by atoms with E-state index < -0.39 is 30.2 Å². The van der Waals surface area contributed by atoms with Gasteiger partial charge in [0.2, 0.25) is 5.91 Å². The summed E-state index contributed by atoms with van der Waals surface area (Å²) >= 11 is 5.79. The average molecular weight is 485 g/mol. The predicted octanol–water partition coefficient (Wildman–Crippen LogP) is 4.85. The van der Waals surface area contributed by atoms with Crippen molar-refractivity contribution in [3.8, 4) is 0 Å². The molecule has 176 valence electrons. The van der Waals surface area contributed by atoms with Crippen LogP contribution in [-0.2, 0) is 25.3 Å².